The fraction of sp³-hybridized carbons (Fsp3) is 0.700. The maximum absolute atomic E-state index is 8.57. The molecule has 1 aliphatic carbocycles. The minimum atomic E-state index is 0.250. The molecule has 11 heavy (non-hydrogen) atoms. The van der Waals surface area contributed by atoms with Crippen molar-refractivity contribution in [2.75, 3.05) is 0 Å². The van der Waals surface area contributed by atoms with Crippen molar-refractivity contribution in [1.82, 2.24) is 0 Å². The summed E-state index contributed by atoms with van der Waals surface area (Å²) in [4.78, 5) is 0. The first-order chi connectivity index (χ1) is 5.06. The molecule has 1 rings (SSSR count). The second-order valence-electron chi connectivity index (χ2n) is 4.08. The Morgan fingerprint density at radius 3 is 2.73 bits per heavy atom. The number of allylic oxidation sites excluding steroid dienone is 2. The van der Waals surface area contributed by atoms with E-state index < -0.39 is 0 Å². The highest BCUT2D eigenvalue weighted by Crippen LogP contribution is 2.42. The van der Waals surface area contributed by atoms with E-state index in [2.05, 4.69) is 32.9 Å². The lowest BCUT2D eigenvalue weighted by Gasteiger charge is -2.23. The van der Waals surface area contributed by atoms with Crippen LogP contribution in [0.1, 0.15) is 33.6 Å². The van der Waals surface area contributed by atoms with E-state index in [4.69, 9.17) is 5.26 Å². The molecule has 0 saturated carbocycles. The predicted molar refractivity (Wildman–Crippen MR) is 45.9 cm³/mol. The molecule has 0 bridgehead atoms. The smallest absolute Gasteiger partial charge is 0.0625 e. The molecule has 1 atom stereocenters. The standard InChI is InChI=1S/C10H15N/c1-8-6-9(4-5-11)10(2,3)7-8/h7,9H,4,6H2,1-3H3. The van der Waals surface area contributed by atoms with Crippen LogP contribution in [0.4, 0.5) is 0 Å². The lowest BCUT2D eigenvalue weighted by molar-refractivity contribution is 0.313. The fourth-order valence-corrected chi connectivity index (χ4v) is 1.91. The maximum Gasteiger partial charge on any atom is 0.0625 e. The van der Waals surface area contributed by atoms with Crippen LogP contribution in [-0.4, -0.2) is 0 Å². The van der Waals surface area contributed by atoms with Gasteiger partial charge in [-0.05, 0) is 24.7 Å². The van der Waals surface area contributed by atoms with Crippen molar-refractivity contribution in [3.8, 4) is 6.07 Å². The monoisotopic (exact) mass is 149 g/mol. The van der Waals surface area contributed by atoms with Crippen molar-refractivity contribution in [1.29, 1.82) is 5.26 Å². The summed E-state index contributed by atoms with van der Waals surface area (Å²) in [5.41, 5.74) is 1.69. The van der Waals surface area contributed by atoms with Gasteiger partial charge in [-0.25, -0.2) is 0 Å². The van der Waals surface area contributed by atoms with Crippen molar-refractivity contribution in [2.45, 2.75) is 33.6 Å². The van der Waals surface area contributed by atoms with Gasteiger partial charge in [0.05, 0.1) is 6.07 Å². The summed E-state index contributed by atoms with van der Waals surface area (Å²) >= 11 is 0. The second kappa shape index (κ2) is 2.70. The lowest BCUT2D eigenvalue weighted by Crippen LogP contribution is -2.16. The van der Waals surface area contributed by atoms with Crippen LogP contribution in [0, 0.1) is 22.7 Å². The SMILES string of the molecule is CC1=CC(C)(C)C(CC#N)C1. The molecule has 1 aliphatic rings. The van der Waals surface area contributed by atoms with Gasteiger partial charge in [0.15, 0.2) is 0 Å². The van der Waals surface area contributed by atoms with E-state index in [0.717, 1.165) is 6.42 Å². The molecule has 0 fully saturated rings. The van der Waals surface area contributed by atoms with Crippen molar-refractivity contribution in [3.05, 3.63) is 11.6 Å². The van der Waals surface area contributed by atoms with Gasteiger partial charge in [-0.2, -0.15) is 5.26 Å². The molecule has 0 N–H and O–H groups in total. The first-order valence-corrected chi connectivity index (χ1v) is 4.11. The number of rotatable bonds is 1. The molecule has 0 amide bonds. The topological polar surface area (TPSA) is 23.8 Å². The zero-order valence-corrected chi connectivity index (χ0v) is 7.52. The van der Waals surface area contributed by atoms with Crippen molar-refractivity contribution < 1.29 is 0 Å². The van der Waals surface area contributed by atoms with Crippen LogP contribution in [-0.2, 0) is 0 Å². The predicted octanol–water partition coefficient (Wildman–Crippen LogP) is 2.89. The molecule has 1 heteroatoms. The average Bonchev–Trinajstić information content (AvgIpc) is 2.07. The van der Waals surface area contributed by atoms with Gasteiger partial charge >= 0.3 is 0 Å². The van der Waals surface area contributed by atoms with Crippen LogP contribution < -0.4 is 0 Å². The molecule has 0 saturated heterocycles. The van der Waals surface area contributed by atoms with Gasteiger partial charge in [-0.3, -0.25) is 0 Å². The van der Waals surface area contributed by atoms with Crippen LogP contribution >= 0.6 is 0 Å². The van der Waals surface area contributed by atoms with Gasteiger partial charge in [0, 0.05) is 6.42 Å². The largest absolute Gasteiger partial charge is 0.198 e. The summed E-state index contributed by atoms with van der Waals surface area (Å²) in [6, 6.07) is 2.25. The summed E-state index contributed by atoms with van der Waals surface area (Å²) in [5.74, 6) is 0.549. The Labute approximate surface area is 68.7 Å². The van der Waals surface area contributed by atoms with E-state index in [1.54, 1.807) is 0 Å². The Morgan fingerprint density at radius 2 is 2.36 bits per heavy atom. The van der Waals surface area contributed by atoms with Crippen LogP contribution in [0.15, 0.2) is 11.6 Å². The normalized spacial score (nSPS) is 27.8. The Bertz CT molecular complexity index is 218. The minimum absolute atomic E-state index is 0.250. The Hall–Kier alpha value is -0.770. The zero-order chi connectivity index (χ0) is 8.48. The van der Waals surface area contributed by atoms with Crippen LogP contribution in [0.25, 0.3) is 0 Å². The molecule has 0 aromatic rings. The first kappa shape index (κ1) is 8.33. The molecule has 0 aromatic heterocycles. The molecule has 0 radical (unpaired) electrons. The summed E-state index contributed by atoms with van der Waals surface area (Å²) in [7, 11) is 0. The fourth-order valence-electron chi connectivity index (χ4n) is 1.91. The van der Waals surface area contributed by atoms with E-state index in [1.807, 2.05) is 0 Å². The number of hydrogen-bond acceptors (Lipinski definition) is 1. The van der Waals surface area contributed by atoms with E-state index in [0.29, 0.717) is 12.3 Å². The van der Waals surface area contributed by atoms with Gasteiger partial charge in [0.1, 0.15) is 0 Å². The first-order valence-electron chi connectivity index (χ1n) is 4.11. The number of hydrogen-bond donors (Lipinski definition) is 0. The highest BCUT2D eigenvalue weighted by Gasteiger charge is 2.32. The van der Waals surface area contributed by atoms with Gasteiger partial charge in [0.25, 0.3) is 0 Å². The van der Waals surface area contributed by atoms with Crippen LogP contribution in [0.3, 0.4) is 0 Å². The van der Waals surface area contributed by atoms with Crippen LogP contribution in [0.2, 0.25) is 0 Å². The third kappa shape index (κ3) is 1.63. The molecular weight excluding hydrogens is 134 g/mol. The van der Waals surface area contributed by atoms with Gasteiger partial charge in [-0.1, -0.05) is 25.5 Å². The Morgan fingerprint density at radius 1 is 1.73 bits per heavy atom. The number of nitrogens with zero attached hydrogens (tertiary/aromatic N) is 1. The van der Waals surface area contributed by atoms with Crippen molar-refractivity contribution in [3.63, 3.8) is 0 Å². The molecule has 1 unspecified atom stereocenters. The maximum atomic E-state index is 8.57. The molecule has 0 aliphatic heterocycles. The molecule has 0 aromatic carbocycles. The third-order valence-electron chi connectivity index (χ3n) is 2.58. The Balaban J connectivity index is 2.69. The molecule has 0 heterocycles. The summed E-state index contributed by atoms with van der Waals surface area (Å²) in [6.07, 6.45) is 4.11. The summed E-state index contributed by atoms with van der Waals surface area (Å²) < 4.78 is 0. The average molecular weight is 149 g/mol. The third-order valence-corrected chi connectivity index (χ3v) is 2.58. The van der Waals surface area contributed by atoms with E-state index in [1.165, 1.54) is 5.57 Å². The quantitative estimate of drug-likeness (QED) is 0.526. The summed E-state index contributed by atoms with van der Waals surface area (Å²) in [5, 5.41) is 8.57. The minimum Gasteiger partial charge on any atom is -0.198 e. The highest BCUT2D eigenvalue weighted by atomic mass is 14.4. The van der Waals surface area contributed by atoms with Gasteiger partial charge in [0.2, 0.25) is 0 Å². The molecular formula is C10H15N. The Kier molecular flexibility index (Phi) is 2.04. The van der Waals surface area contributed by atoms with Gasteiger partial charge in [-0.15, -0.1) is 0 Å². The highest BCUT2D eigenvalue weighted by molar-refractivity contribution is 5.16. The van der Waals surface area contributed by atoms with Crippen molar-refractivity contribution in [2.24, 2.45) is 11.3 Å². The molecule has 0 spiro atoms. The van der Waals surface area contributed by atoms with Crippen LogP contribution in [0.5, 0.6) is 0 Å². The lowest BCUT2D eigenvalue weighted by atomic mass is 9.80. The van der Waals surface area contributed by atoms with Gasteiger partial charge < -0.3 is 0 Å². The zero-order valence-electron chi connectivity index (χ0n) is 7.52. The molecule has 1 nitrogen and oxygen atoms in total. The van der Waals surface area contributed by atoms with E-state index >= 15 is 0 Å². The van der Waals surface area contributed by atoms with E-state index in [9.17, 15) is 0 Å². The van der Waals surface area contributed by atoms with E-state index in [-0.39, 0.29) is 5.41 Å². The summed E-state index contributed by atoms with van der Waals surface area (Å²) in [6.45, 7) is 6.58. The van der Waals surface area contributed by atoms with Crippen molar-refractivity contribution >= 4 is 0 Å². The number of nitriles is 1. The molecule has 60 valence electrons. The second-order valence-corrected chi connectivity index (χ2v) is 4.08.